The normalized spacial score (nSPS) is 10.1. The van der Waals surface area contributed by atoms with Crippen molar-refractivity contribution >= 4 is 0 Å². The standard InChI is InChI=1S/C10H16N4/c1-8-10(7-12-3)9(2)14(13-8)6-4-5-11/h12H,4,6-7H2,1-3H3. The second-order valence-corrected chi connectivity index (χ2v) is 3.31. The van der Waals surface area contributed by atoms with Crippen LogP contribution in [0.4, 0.5) is 0 Å². The first-order chi connectivity index (χ1) is 6.70. The maximum Gasteiger partial charge on any atom is 0.0641 e. The number of aryl methyl sites for hydroxylation is 2. The topological polar surface area (TPSA) is 53.6 Å². The van der Waals surface area contributed by atoms with Crippen molar-refractivity contribution < 1.29 is 0 Å². The zero-order valence-corrected chi connectivity index (χ0v) is 8.96. The number of hydrogen-bond acceptors (Lipinski definition) is 3. The van der Waals surface area contributed by atoms with Crippen LogP contribution in [0.1, 0.15) is 23.4 Å². The lowest BCUT2D eigenvalue weighted by Crippen LogP contribution is -2.07. The summed E-state index contributed by atoms with van der Waals surface area (Å²) in [7, 11) is 1.92. The Kier molecular flexibility index (Phi) is 3.66. The Morgan fingerprint density at radius 3 is 2.79 bits per heavy atom. The van der Waals surface area contributed by atoms with Crippen LogP contribution in [0, 0.1) is 25.2 Å². The van der Waals surface area contributed by atoms with Crippen molar-refractivity contribution in [2.45, 2.75) is 33.4 Å². The molecule has 1 rings (SSSR count). The van der Waals surface area contributed by atoms with Gasteiger partial charge in [0.05, 0.1) is 24.7 Å². The van der Waals surface area contributed by atoms with Gasteiger partial charge in [0.1, 0.15) is 0 Å². The lowest BCUT2D eigenvalue weighted by molar-refractivity contribution is 0.604. The maximum atomic E-state index is 8.49. The van der Waals surface area contributed by atoms with Gasteiger partial charge in [0, 0.05) is 17.8 Å². The van der Waals surface area contributed by atoms with Crippen LogP contribution in [-0.4, -0.2) is 16.8 Å². The van der Waals surface area contributed by atoms with E-state index in [9.17, 15) is 0 Å². The van der Waals surface area contributed by atoms with Crippen LogP contribution in [0.3, 0.4) is 0 Å². The predicted octanol–water partition coefficient (Wildman–Crippen LogP) is 1.13. The van der Waals surface area contributed by atoms with Crippen LogP contribution in [0.5, 0.6) is 0 Å². The minimum Gasteiger partial charge on any atom is -0.316 e. The Morgan fingerprint density at radius 1 is 1.50 bits per heavy atom. The second-order valence-electron chi connectivity index (χ2n) is 3.31. The summed E-state index contributed by atoms with van der Waals surface area (Å²) in [5.74, 6) is 0. The van der Waals surface area contributed by atoms with Crippen molar-refractivity contribution in [3.8, 4) is 6.07 Å². The van der Waals surface area contributed by atoms with Crippen molar-refractivity contribution in [3.63, 3.8) is 0 Å². The van der Waals surface area contributed by atoms with Crippen molar-refractivity contribution in [2.75, 3.05) is 7.05 Å². The van der Waals surface area contributed by atoms with Crippen LogP contribution in [0.25, 0.3) is 0 Å². The van der Waals surface area contributed by atoms with Crippen molar-refractivity contribution in [1.82, 2.24) is 15.1 Å². The van der Waals surface area contributed by atoms with E-state index in [1.807, 2.05) is 25.6 Å². The highest BCUT2D eigenvalue weighted by Gasteiger charge is 2.09. The molecular formula is C10H16N4. The van der Waals surface area contributed by atoms with Gasteiger partial charge in [-0.25, -0.2) is 0 Å². The van der Waals surface area contributed by atoms with E-state index in [2.05, 4.69) is 16.5 Å². The lowest BCUT2D eigenvalue weighted by Gasteiger charge is -2.02. The lowest BCUT2D eigenvalue weighted by atomic mass is 10.2. The molecule has 0 spiro atoms. The molecule has 0 aliphatic carbocycles. The minimum absolute atomic E-state index is 0.515. The van der Waals surface area contributed by atoms with Gasteiger partial charge >= 0.3 is 0 Å². The molecule has 1 aromatic rings. The molecule has 0 saturated carbocycles. The van der Waals surface area contributed by atoms with Gasteiger partial charge in [0.25, 0.3) is 0 Å². The highest BCUT2D eigenvalue weighted by atomic mass is 15.3. The summed E-state index contributed by atoms with van der Waals surface area (Å²) >= 11 is 0. The molecule has 14 heavy (non-hydrogen) atoms. The SMILES string of the molecule is CNCc1c(C)nn(CCC#N)c1C. The van der Waals surface area contributed by atoms with Crippen LogP contribution in [-0.2, 0) is 13.1 Å². The molecule has 0 unspecified atom stereocenters. The van der Waals surface area contributed by atoms with Crippen LogP contribution >= 0.6 is 0 Å². The molecule has 0 fully saturated rings. The number of hydrogen-bond donors (Lipinski definition) is 1. The van der Waals surface area contributed by atoms with Gasteiger partial charge < -0.3 is 5.32 Å². The van der Waals surface area contributed by atoms with Gasteiger partial charge in [0.2, 0.25) is 0 Å². The van der Waals surface area contributed by atoms with Crippen molar-refractivity contribution in [1.29, 1.82) is 5.26 Å². The molecular weight excluding hydrogens is 176 g/mol. The Hall–Kier alpha value is -1.34. The van der Waals surface area contributed by atoms with Crippen LogP contribution < -0.4 is 5.32 Å². The quantitative estimate of drug-likeness (QED) is 0.778. The summed E-state index contributed by atoms with van der Waals surface area (Å²) in [6.45, 7) is 5.57. The smallest absolute Gasteiger partial charge is 0.0641 e. The van der Waals surface area contributed by atoms with E-state index in [1.165, 1.54) is 5.56 Å². The van der Waals surface area contributed by atoms with Gasteiger partial charge in [-0.2, -0.15) is 10.4 Å². The van der Waals surface area contributed by atoms with E-state index in [4.69, 9.17) is 5.26 Å². The van der Waals surface area contributed by atoms with Gasteiger partial charge in [-0.3, -0.25) is 4.68 Å². The first kappa shape index (κ1) is 10.7. The summed E-state index contributed by atoms with van der Waals surface area (Å²) in [6, 6.07) is 2.13. The highest BCUT2D eigenvalue weighted by molar-refractivity contribution is 5.24. The third kappa shape index (κ3) is 2.12. The van der Waals surface area contributed by atoms with Crippen LogP contribution in [0.2, 0.25) is 0 Å². The van der Waals surface area contributed by atoms with E-state index in [-0.39, 0.29) is 0 Å². The molecule has 0 saturated heterocycles. The van der Waals surface area contributed by atoms with Crippen LogP contribution in [0.15, 0.2) is 0 Å². The van der Waals surface area contributed by atoms with E-state index in [0.29, 0.717) is 13.0 Å². The summed E-state index contributed by atoms with van der Waals surface area (Å²) in [6.07, 6.45) is 0.515. The number of nitriles is 1. The average molecular weight is 192 g/mol. The molecule has 0 atom stereocenters. The van der Waals surface area contributed by atoms with Gasteiger partial charge in [-0.05, 0) is 20.9 Å². The highest BCUT2D eigenvalue weighted by Crippen LogP contribution is 2.12. The molecule has 1 aromatic heterocycles. The monoisotopic (exact) mass is 192 g/mol. The first-order valence-corrected chi connectivity index (χ1v) is 4.75. The molecule has 0 aliphatic rings. The summed E-state index contributed by atoms with van der Waals surface area (Å²) in [4.78, 5) is 0. The number of nitrogens with zero attached hydrogens (tertiary/aromatic N) is 3. The first-order valence-electron chi connectivity index (χ1n) is 4.75. The third-order valence-corrected chi connectivity index (χ3v) is 2.32. The fourth-order valence-electron chi connectivity index (χ4n) is 1.54. The third-order valence-electron chi connectivity index (χ3n) is 2.32. The van der Waals surface area contributed by atoms with Gasteiger partial charge in [0.15, 0.2) is 0 Å². The Bertz CT molecular complexity index is 346. The fraction of sp³-hybridized carbons (Fsp3) is 0.600. The fourth-order valence-corrected chi connectivity index (χ4v) is 1.54. The molecule has 4 heteroatoms. The number of nitrogens with one attached hydrogen (secondary N) is 1. The largest absolute Gasteiger partial charge is 0.316 e. The van der Waals surface area contributed by atoms with Gasteiger partial charge in [-0.1, -0.05) is 0 Å². The van der Waals surface area contributed by atoms with E-state index >= 15 is 0 Å². The average Bonchev–Trinajstić information content (AvgIpc) is 2.43. The molecule has 0 radical (unpaired) electrons. The Labute approximate surface area is 84.5 Å². The zero-order chi connectivity index (χ0) is 10.6. The molecule has 0 bridgehead atoms. The molecule has 0 aliphatic heterocycles. The second kappa shape index (κ2) is 4.77. The Balaban J connectivity index is 2.87. The molecule has 4 nitrogen and oxygen atoms in total. The number of aromatic nitrogens is 2. The summed E-state index contributed by atoms with van der Waals surface area (Å²) < 4.78 is 1.91. The summed E-state index contributed by atoms with van der Waals surface area (Å²) in [5, 5.41) is 16.0. The molecule has 0 amide bonds. The summed E-state index contributed by atoms with van der Waals surface area (Å²) in [5.41, 5.74) is 3.45. The van der Waals surface area contributed by atoms with E-state index in [0.717, 1.165) is 17.9 Å². The van der Waals surface area contributed by atoms with Crippen molar-refractivity contribution in [3.05, 3.63) is 17.0 Å². The molecule has 1 heterocycles. The molecule has 0 aromatic carbocycles. The molecule has 1 N–H and O–H groups in total. The minimum atomic E-state index is 0.515. The van der Waals surface area contributed by atoms with Gasteiger partial charge in [-0.15, -0.1) is 0 Å². The zero-order valence-electron chi connectivity index (χ0n) is 8.96. The number of rotatable bonds is 4. The van der Waals surface area contributed by atoms with Crippen molar-refractivity contribution in [2.24, 2.45) is 0 Å². The van der Waals surface area contributed by atoms with E-state index in [1.54, 1.807) is 0 Å². The molecule has 76 valence electrons. The maximum absolute atomic E-state index is 8.49. The Morgan fingerprint density at radius 2 is 2.21 bits per heavy atom. The van der Waals surface area contributed by atoms with E-state index < -0.39 is 0 Å². The predicted molar refractivity (Wildman–Crippen MR) is 54.7 cm³/mol.